The van der Waals surface area contributed by atoms with Gasteiger partial charge in [0.05, 0.1) is 5.56 Å². The summed E-state index contributed by atoms with van der Waals surface area (Å²) in [5.41, 5.74) is 2.72. The summed E-state index contributed by atoms with van der Waals surface area (Å²) in [6.45, 7) is 3.47. The number of hydrogen-bond donors (Lipinski definition) is 1. The third-order valence-corrected chi connectivity index (χ3v) is 6.96. The molecule has 1 N–H and O–H groups in total. The molecule has 1 aliphatic rings. The van der Waals surface area contributed by atoms with Crippen molar-refractivity contribution in [1.82, 2.24) is 9.88 Å². The van der Waals surface area contributed by atoms with Crippen LogP contribution in [0.25, 0.3) is 0 Å². The average molecular weight is 450 g/mol. The van der Waals surface area contributed by atoms with E-state index in [0.29, 0.717) is 21.8 Å². The van der Waals surface area contributed by atoms with Gasteiger partial charge in [0.15, 0.2) is 0 Å². The summed E-state index contributed by atoms with van der Waals surface area (Å²) in [5, 5.41) is 3.63. The Labute approximate surface area is 190 Å². The molecule has 31 heavy (non-hydrogen) atoms. The molecule has 7 heteroatoms. The zero-order chi connectivity index (χ0) is 21.6. The number of amides is 2. The number of rotatable bonds is 5. The van der Waals surface area contributed by atoms with E-state index in [2.05, 4.69) is 10.3 Å². The molecule has 1 fully saturated rings. The molecule has 0 saturated carbocycles. The second-order valence-corrected chi connectivity index (χ2v) is 9.45. The Bertz CT molecular complexity index is 1080. The van der Waals surface area contributed by atoms with Crippen LogP contribution in [-0.2, 0) is 0 Å². The monoisotopic (exact) mass is 449 g/mol. The van der Waals surface area contributed by atoms with E-state index in [0.717, 1.165) is 35.1 Å². The van der Waals surface area contributed by atoms with Gasteiger partial charge in [0.2, 0.25) is 0 Å². The number of anilines is 1. The summed E-state index contributed by atoms with van der Waals surface area (Å²) < 4.78 is 0. The zero-order valence-electron chi connectivity index (χ0n) is 17.2. The first-order chi connectivity index (χ1) is 15.1. The lowest BCUT2D eigenvalue weighted by molar-refractivity contribution is 0.0772. The fraction of sp³-hybridized carbons (Fsp3) is 0.208. The van der Waals surface area contributed by atoms with Gasteiger partial charge in [-0.2, -0.15) is 11.8 Å². The minimum atomic E-state index is -0.221. The van der Waals surface area contributed by atoms with Gasteiger partial charge in [0, 0.05) is 46.9 Å². The van der Waals surface area contributed by atoms with Crippen LogP contribution >= 0.6 is 23.5 Å². The number of nitrogens with one attached hydrogen (secondary N) is 1. The van der Waals surface area contributed by atoms with Crippen LogP contribution in [0.3, 0.4) is 0 Å². The second-order valence-electron chi connectivity index (χ2n) is 7.16. The molecule has 3 aromatic rings. The van der Waals surface area contributed by atoms with Crippen molar-refractivity contribution >= 4 is 41.0 Å². The number of hydrogen-bond acceptors (Lipinski definition) is 5. The van der Waals surface area contributed by atoms with Gasteiger partial charge in [-0.15, -0.1) is 0 Å². The van der Waals surface area contributed by atoms with Crippen LogP contribution in [0.1, 0.15) is 26.3 Å². The minimum absolute atomic E-state index is 0.0510. The molecular weight excluding hydrogens is 426 g/mol. The summed E-state index contributed by atoms with van der Waals surface area (Å²) in [5.74, 6) is 1.79. The van der Waals surface area contributed by atoms with Crippen molar-refractivity contribution in [3.8, 4) is 0 Å². The molecule has 1 aliphatic heterocycles. The third kappa shape index (κ3) is 5.29. The van der Waals surface area contributed by atoms with E-state index in [1.54, 1.807) is 30.5 Å². The maximum Gasteiger partial charge on any atom is 0.258 e. The van der Waals surface area contributed by atoms with Crippen molar-refractivity contribution in [2.75, 3.05) is 29.9 Å². The van der Waals surface area contributed by atoms with E-state index in [-0.39, 0.29) is 11.8 Å². The lowest BCUT2D eigenvalue weighted by atomic mass is 10.1. The topological polar surface area (TPSA) is 62.3 Å². The molecule has 2 aromatic carbocycles. The summed E-state index contributed by atoms with van der Waals surface area (Å²) in [6, 6.07) is 18.8. The highest BCUT2D eigenvalue weighted by atomic mass is 32.2. The maximum absolute atomic E-state index is 13.0. The van der Waals surface area contributed by atoms with Crippen molar-refractivity contribution in [1.29, 1.82) is 0 Å². The van der Waals surface area contributed by atoms with Crippen LogP contribution < -0.4 is 5.32 Å². The van der Waals surface area contributed by atoms with E-state index in [4.69, 9.17) is 0 Å². The largest absolute Gasteiger partial charge is 0.337 e. The Balaban J connectivity index is 1.49. The molecule has 0 unspecified atom stereocenters. The minimum Gasteiger partial charge on any atom is -0.337 e. The number of benzene rings is 2. The fourth-order valence-electron chi connectivity index (χ4n) is 3.32. The Morgan fingerprint density at radius 1 is 1.03 bits per heavy atom. The van der Waals surface area contributed by atoms with Crippen LogP contribution in [0, 0.1) is 6.92 Å². The van der Waals surface area contributed by atoms with E-state index >= 15 is 0 Å². The van der Waals surface area contributed by atoms with Gasteiger partial charge in [-0.05, 0) is 55.0 Å². The number of thioether (sulfide) groups is 1. The molecule has 4 rings (SSSR count). The smallest absolute Gasteiger partial charge is 0.258 e. The zero-order valence-corrected chi connectivity index (χ0v) is 18.8. The molecular formula is C24H23N3O2S2. The van der Waals surface area contributed by atoms with Crippen molar-refractivity contribution < 1.29 is 9.59 Å². The molecule has 2 heterocycles. The summed E-state index contributed by atoms with van der Waals surface area (Å²) >= 11 is 3.33. The van der Waals surface area contributed by atoms with E-state index < -0.39 is 0 Å². The second kappa shape index (κ2) is 10.0. The molecule has 0 spiro atoms. The van der Waals surface area contributed by atoms with Crippen molar-refractivity contribution in [3.05, 3.63) is 83.6 Å². The van der Waals surface area contributed by atoms with Crippen molar-refractivity contribution in [3.63, 3.8) is 0 Å². The van der Waals surface area contributed by atoms with Crippen molar-refractivity contribution in [2.45, 2.75) is 16.8 Å². The highest BCUT2D eigenvalue weighted by molar-refractivity contribution is 7.99. The van der Waals surface area contributed by atoms with Crippen molar-refractivity contribution in [2.24, 2.45) is 0 Å². The van der Waals surface area contributed by atoms with Gasteiger partial charge in [0.1, 0.15) is 5.03 Å². The summed E-state index contributed by atoms with van der Waals surface area (Å²) in [7, 11) is 0. The number of aromatic nitrogens is 1. The number of carbonyl (C=O) groups is 2. The van der Waals surface area contributed by atoms with E-state index in [9.17, 15) is 9.59 Å². The first-order valence-electron chi connectivity index (χ1n) is 10.1. The first-order valence-corrected chi connectivity index (χ1v) is 12.1. The number of pyridine rings is 1. The van der Waals surface area contributed by atoms with Gasteiger partial charge < -0.3 is 10.2 Å². The number of aryl methyl sites for hydroxylation is 1. The Hall–Kier alpha value is -2.77. The SMILES string of the molecule is Cc1cc(C(=O)N2CCSCC2)ccc1NC(=O)c1cccnc1Sc1ccccc1. The predicted octanol–water partition coefficient (Wildman–Crippen LogP) is 4.98. The average Bonchev–Trinajstić information content (AvgIpc) is 2.81. The molecule has 0 radical (unpaired) electrons. The van der Waals surface area contributed by atoms with Gasteiger partial charge in [-0.1, -0.05) is 30.0 Å². The standard InChI is InChI=1S/C24H23N3O2S2/c1-17-16-18(24(29)27-12-14-30-15-13-27)9-10-21(17)26-22(28)20-8-5-11-25-23(20)31-19-6-3-2-4-7-19/h2-11,16H,12-15H2,1H3,(H,26,28). The molecule has 1 aromatic heterocycles. The molecule has 2 amide bonds. The van der Waals surface area contributed by atoms with E-state index in [1.807, 2.05) is 60.0 Å². The lowest BCUT2D eigenvalue weighted by Crippen LogP contribution is -2.37. The van der Waals surface area contributed by atoms with Gasteiger partial charge in [-0.3, -0.25) is 9.59 Å². The normalized spacial score (nSPS) is 13.6. The van der Waals surface area contributed by atoms with Crippen LogP contribution in [-0.4, -0.2) is 46.3 Å². The predicted molar refractivity (Wildman–Crippen MR) is 127 cm³/mol. The Morgan fingerprint density at radius 3 is 2.55 bits per heavy atom. The van der Waals surface area contributed by atoms with Crippen LogP contribution in [0.5, 0.6) is 0 Å². The third-order valence-electron chi connectivity index (χ3n) is 4.99. The van der Waals surface area contributed by atoms with Crippen LogP contribution in [0.2, 0.25) is 0 Å². The van der Waals surface area contributed by atoms with Crippen LogP contribution in [0.4, 0.5) is 5.69 Å². The Morgan fingerprint density at radius 2 is 1.81 bits per heavy atom. The molecule has 0 bridgehead atoms. The van der Waals surface area contributed by atoms with Gasteiger partial charge >= 0.3 is 0 Å². The van der Waals surface area contributed by atoms with Crippen LogP contribution in [0.15, 0.2) is 76.8 Å². The fourth-order valence-corrected chi connectivity index (χ4v) is 5.12. The Kier molecular flexibility index (Phi) is 6.94. The molecule has 1 saturated heterocycles. The quantitative estimate of drug-likeness (QED) is 0.595. The maximum atomic E-state index is 13.0. The molecule has 0 atom stereocenters. The van der Waals surface area contributed by atoms with E-state index in [1.165, 1.54) is 11.8 Å². The summed E-state index contributed by atoms with van der Waals surface area (Å²) in [6.07, 6.45) is 1.69. The molecule has 158 valence electrons. The molecule has 5 nitrogen and oxygen atoms in total. The van der Waals surface area contributed by atoms with Gasteiger partial charge in [-0.25, -0.2) is 4.98 Å². The number of carbonyl (C=O) groups excluding carboxylic acids is 2. The highest BCUT2D eigenvalue weighted by Crippen LogP contribution is 2.29. The number of nitrogens with zero attached hydrogens (tertiary/aromatic N) is 2. The highest BCUT2D eigenvalue weighted by Gasteiger charge is 2.20. The summed E-state index contributed by atoms with van der Waals surface area (Å²) in [4.78, 5) is 33.1. The first kappa shape index (κ1) is 21.5. The lowest BCUT2D eigenvalue weighted by Gasteiger charge is -2.26. The molecule has 0 aliphatic carbocycles. The van der Waals surface area contributed by atoms with Gasteiger partial charge in [0.25, 0.3) is 11.8 Å².